The highest BCUT2D eigenvalue weighted by molar-refractivity contribution is 5.08. The number of hydrogen-bond donors (Lipinski definition) is 1. The summed E-state index contributed by atoms with van der Waals surface area (Å²) in [4.78, 5) is 2.56. The topological polar surface area (TPSA) is 15.3 Å². The fraction of sp³-hybridized carbons (Fsp3) is 0.857. The summed E-state index contributed by atoms with van der Waals surface area (Å²) in [5.41, 5.74) is -0.169. The van der Waals surface area contributed by atoms with Gasteiger partial charge in [-0.3, -0.25) is 5.32 Å². The van der Waals surface area contributed by atoms with Gasteiger partial charge in [0.2, 0.25) is 0 Å². The van der Waals surface area contributed by atoms with Crippen molar-refractivity contribution in [2.24, 2.45) is 0 Å². The van der Waals surface area contributed by atoms with Crippen molar-refractivity contribution >= 4 is 0 Å². The SMILES string of the molecule is C#CC(C)(C)NC1CCCN(C(C)C)CC1. The van der Waals surface area contributed by atoms with Crippen LogP contribution in [0.1, 0.15) is 47.0 Å². The third-order valence-corrected chi connectivity index (χ3v) is 3.42. The Morgan fingerprint density at radius 1 is 1.31 bits per heavy atom. The first-order valence-electron chi connectivity index (χ1n) is 6.44. The Kier molecular flexibility index (Phi) is 4.83. The molecule has 1 saturated heterocycles. The van der Waals surface area contributed by atoms with Crippen LogP contribution >= 0.6 is 0 Å². The molecule has 0 aromatic rings. The number of likely N-dealkylation sites (tertiary alicyclic amines) is 1. The molecule has 0 aromatic carbocycles. The maximum absolute atomic E-state index is 5.52. The minimum absolute atomic E-state index is 0.169. The van der Waals surface area contributed by atoms with Gasteiger partial charge in [0, 0.05) is 12.1 Å². The normalized spacial score (nSPS) is 24.1. The van der Waals surface area contributed by atoms with E-state index in [0.29, 0.717) is 12.1 Å². The van der Waals surface area contributed by atoms with Crippen LogP contribution in [0.3, 0.4) is 0 Å². The maximum atomic E-state index is 5.52. The van der Waals surface area contributed by atoms with Crippen LogP contribution in [0.5, 0.6) is 0 Å². The number of terminal acetylenes is 1. The fourth-order valence-corrected chi connectivity index (χ4v) is 2.33. The van der Waals surface area contributed by atoms with Crippen LogP contribution in [0.15, 0.2) is 0 Å². The van der Waals surface area contributed by atoms with Gasteiger partial charge in [0.1, 0.15) is 0 Å². The second kappa shape index (κ2) is 5.70. The Balaban J connectivity index is 2.45. The smallest absolute Gasteiger partial charge is 0.0743 e. The monoisotopic (exact) mass is 222 g/mol. The first kappa shape index (κ1) is 13.5. The van der Waals surface area contributed by atoms with Gasteiger partial charge >= 0.3 is 0 Å². The van der Waals surface area contributed by atoms with E-state index in [1.54, 1.807) is 0 Å². The van der Waals surface area contributed by atoms with Crippen LogP contribution in [0.4, 0.5) is 0 Å². The highest BCUT2D eigenvalue weighted by Gasteiger charge is 2.23. The van der Waals surface area contributed by atoms with Crippen LogP contribution in [0, 0.1) is 12.3 Å². The summed E-state index contributed by atoms with van der Waals surface area (Å²) in [6.45, 7) is 11.1. The standard InChI is InChI=1S/C14H26N2/c1-6-14(4,5)15-13-8-7-10-16(11-9-13)12(2)3/h1,12-13,15H,7-11H2,2-5H3. The predicted octanol–water partition coefficient (Wildman–Crippen LogP) is 2.25. The summed E-state index contributed by atoms with van der Waals surface area (Å²) in [7, 11) is 0. The third kappa shape index (κ3) is 4.15. The lowest BCUT2D eigenvalue weighted by Gasteiger charge is -2.27. The van der Waals surface area contributed by atoms with Crippen molar-refractivity contribution in [3.05, 3.63) is 0 Å². The van der Waals surface area contributed by atoms with Gasteiger partial charge in [-0.2, -0.15) is 0 Å². The minimum atomic E-state index is -0.169. The van der Waals surface area contributed by atoms with Crippen molar-refractivity contribution < 1.29 is 0 Å². The maximum Gasteiger partial charge on any atom is 0.0743 e. The highest BCUT2D eigenvalue weighted by atomic mass is 15.2. The van der Waals surface area contributed by atoms with Gasteiger partial charge in [0.05, 0.1) is 5.54 Å². The molecule has 1 aliphatic heterocycles. The highest BCUT2D eigenvalue weighted by Crippen LogP contribution is 2.15. The molecule has 0 bridgehead atoms. The zero-order chi connectivity index (χ0) is 12.2. The van der Waals surface area contributed by atoms with Gasteiger partial charge in [-0.25, -0.2) is 0 Å². The van der Waals surface area contributed by atoms with Crippen molar-refractivity contribution in [3.8, 4) is 12.3 Å². The summed E-state index contributed by atoms with van der Waals surface area (Å²) >= 11 is 0. The summed E-state index contributed by atoms with van der Waals surface area (Å²) in [5.74, 6) is 2.82. The van der Waals surface area contributed by atoms with E-state index in [-0.39, 0.29) is 5.54 Å². The van der Waals surface area contributed by atoms with E-state index < -0.39 is 0 Å². The molecule has 16 heavy (non-hydrogen) atoms. The van der Waals surface area contributed by atoms with E-state index in [9.17, 15) is 0 Å². The molecule has 2 nitrogen and oxygen atoms in total. The van der Waals surface area contributed by atoms with Crippen molar-refractivity contribution in [1.82, 2.24) is 10.2 Å². The van der Waals surface area contributed by atoms with Crippen LogP contribution in [-0.2, 0) is 0 Å². The average Bonchev–Trinajstić information content (AvgIpc) is 2.43. The van der Waals surface area contributed by atoms with Gasteiger partial charge in [-0.1, -0.05) is 5.92 Å². The minimum Gasteiger partial charge on any atom is -0.301 e. The molecule has 1 rings (SSSR count). The van der Waals surface area contributed by atoms with Crippen molar-refractivity contribution in [3.63, 3.8) is 0 Å². The van der Waals surface area contributed by atoms with Gasteiger partial charge < -0.3 is 4.90 Å². The molecule has 0 spiro atoms. The first-order valence-corrected chi connectivity index (χ1v) is 6.44. The van der Waals surface area contributed by atoms with Gasteiger partial charge in [-0.15, -0.1) is 6.42 Å². The van der Waals surface area contributed by atoms with Crippen molar-refractivity contribution in [1.29, 1.82) is 0 Å². The summed E-state index contributed by atoms with van der Waals surface area (Å²) in [6, 6.07) is 1.24. The van der Waals surface area contributed by atoms with Gasteiger partial charge in [-0.05, 0) is 60.0 Å². The van der Waals surface area contributed by atoms with Gasteiger partial charge in [0.15, 0.2) is 0 Å². The van der Waals surface area contributed by atoms with E-state index in [1.165, 1.54) is 32.4 Å². The third-order valence-electron chi connectivity index (χ3n) is 3.42. The number of hydrogen-bond acceptors (Lipinski definition) is 2. The molecule has 0 aromatic heterocycles. The van der Waals surface area contributed by atoms with Crippen LogP contribution < -0.4 is 5.32 Å². The zero-order valence-electron chi connectivity index (χ0n) is 11.2. The lowest BCUT2D eigenvalue weighted by Crippen LogP contribution is -2.45. The number of rotatable bonds is 3. The molecule has 0 aliphatic carbocycles. The Labute approximate surface area is 101 Å². The Hall–Kier alpha value is -0.520. The van der Waals surface area contributed by atoms with E-state index >= 15 is 0 Å². The van der Waals surface area contributed by atoms with E-state index in [4.69, 9.17) is 6.42 Å². The van der Waals surface area contributed by atoms with Gasteiger partial charge in [0.25, 0.3) is 0 Å². The van der Waals surface area contributed by atoms with E-state index in [0.717, 1.165) is 0 Å². The Morgan fingerprint density at radius 3 is 2.56 bits per heavy atom. The molecule has 0 saturated carbocycles. The molecule has 1 aliphatic rings. The Bertz CT molecular complexity index is 250. The average molecular weight is 222 g/mol. The second-order valence-corrected chi connectivity index (χ2v) is 5.67. The molecule has 1 atom stereocenters. The van der Waals surface area contributed by atoms with Crippen LogP contribution in [-0.4, -0.2) is 35.6 Å². The number of nitrogens with zero attached hydrogens (tertiary/aromatic N) is 1. The Morgan fingerprint density at radius 2 is 2.00 bits per heavy atom. The van der Waals surface area contributed by atoms with E-state index in [2.05, 4.69) is 43.8 Å². The fourth-order valence-electron chi connectivity index (χ4n) is 2.33. The molecule has 1 N–H and O–H groups in total. The largest absolute Gasteiger partial charge is 0.301 e. The second-order valence-electron chi connectivity index (χ2n) is 5.67. The quantitative estimate of drug-likeness (QED) is 0.737. The number of nitrogens with one attached hydrogen (secondary N) is 1. The zero-order valence-corrected chi connectivity index (χ0v) is 11.2. The molecular formula is C14H26N2. The molecule has 2 heteroatoms. The summed E-state index contributed by atoms with van der Waals surface area (Å²) < 4.78 is 0. The summed E-state index contributed by atoms with van der Waals surface area (Å²) in [5, 5.41) is 3.58. The van der Waals surface area contributed by atoms with Crippen LogP contribution in [0.25, 0.3) is 0 Å². The molecule has 1 heterocycles. The molecule has 0 radical (unpaired) electrons. The predicted molar refractivity (Wildman–Crippen MR) is 70.4 cm³/mol. The molecular weight excluding hydrogens is 196 g/mol. The molecule has 92 valence electrons. The molecule has 0 amide bonds. The van der Waals surface area contributed by atoms with Crippen LogP contribution in [0.2, 0.25) is 0 Å². The molecule has 1 fully saturated rings. The van der Waals surface area contributed by atoms with Crippen molar-refractivity contribution in [2.45, 2.75) is 64.6 Å². The van der Waals surface area contributed by atoms with E-state index in [1.807, 2.05) is 0 Å². The lowest BCUT2D eigenvalue weighted by atomic mass is 10.0. The lowest BCUT2D eigenvalue weighted by molar-refractivity contribution is 0.228. The first-order chi connectivity index (χ1) is 7.44. The molecule has 1 unspecified atom stereocenters. The van der Waals surface area contributed by atoms with Crippen molar-refractivity contribution in [2.75, 3.05) is 13.1 Å². The summed E-state index contributed by atoms with van der Waals surface area (Å²) in [6.07, 6.45) is 9.25.